The number of aliphatic hydroxyl groups excluding tert-OH is 2. The summed E-state index contributed by atoms with van der Waals surface area (Å²) in [5, 5.41) is 22.8. The smallest absolute Gasteiger partial charge is 0.220 e. The van der Waals surface area contributed by atoms with Crippen LogP contribution < -0.4 is 5.32 Å². The number of unbranched alkanes of at least 4 members (excludes halogenated alkanes) is 7. The summed E-state index contributed by atoms with van der Waals surface area (Å²) in [5.74, 6) is -0.108. The molecule has 0 heterocycles. The van der Waals surface area contributed by atoms with E-state index < -0.39 is 12.1 Å². The van der Waals surface area contributed by atoms with E-state index in [0.717, 1.165) is 103 Å². The summed E-state index contributed by atoms with van der Waals surface area (Å²) in [5.41, 5.74) is 0. The molecule has 0 aliphatic carbocycles. The summed E-state index contributed by atoms with van der Waals surface area (Å²) in [6.45, 7) is 4.01. The van der Waals surface area contributed by atoms with Gasteiger partial charge >= 0.3 is 0 Å². The number of hydrogen-bond acceptors (Lipinski definition) is 3. The fourth-order valence-electron chi connectivity index (χ4n) is 4.78. The molecule has 0 aromatic heterocycles. The van der Waals surface area contributed by atoms with E-state index in [4.69, 9.17) is 0 Å². The minimum atomic E-state index is -0.885. The van der Waals surface area contributed by atoms with E-state index in [1.54, 1.807) is 6.08 Å². The first-order valence-electron chi connectivity index (χ1n) is 19.2. The molecule has 0 fully saturated rings. The molecule has 0 radical (unpaired) electrons. The maximum atomic E-state index is 12.3. The van der Waals surface area contributed by atoms with E-state index in [-0.39, 0.29) is 12.5 Å². The van der Waals surface area contributed by atoms with E-state index in [0.29, 0.717) is 6.42 Å². The van der Waals surface area contributed by atoms with Crippen LogP contribution >= 0.6 is 0 Å². The molecule has 0 aliphatic rings. The maximum absolute atomic E-state index is 12.3. The molecule has 2 unspecified atom stereocenters. The van der Waals surface area contributed by atoms with Crippen LogP contribution in [0.2, 0.25) is 0 Å². The quantitative estimate of drug-likeness (QED) is 0.0492. The second kappa shape index (κ2) is 39.2. The van der Waals surface area contributed by atoms with Gasteiger partial charge in [0, 0.05) is 6.42 Å². The number of rotatable bonds is 32. The zero-order valence-corrected chi connectivity index (χ0v) is 31.1. The van der Waals surface area contributed by atoms with Gasteiger partial charge in [0.15, 0.2) is 0 Å². The molecule has 0 rings (SSSR count). The first kappa shape index (κ1) is 45.8. The van der Waals surface area contributed by atoms with Gasteiger partial charge in [-0.15, -0.1) is 0 Å². The van der Waals surface area contributed by atoms with E-state index >= 15 is 0 Å². The highest BCUT2D eigenvalue weighted by Gasteiger charge is 2.17. The van der Waals surface area contributed by atoms with Gasteiger partial charge in [-0.1, -0.05) is 155 Å². The Morgan fingerprint density at radius 1 is 0.490 bits per heavy atom. The highest BCUT2D eigenvalue weighted by atomic mass is 16.3. The number of aliphatic hydroxyl groups is 2. The van der Waals surface area contributed by atoms with E-state index in [1.165, 1.54) is 12.8 Å². The molecule has 0 aliphatic heterocycles. The second-order valence-corrected chi connectivity index (χ2v) is 12.2. The van der Waals surface area contributed by atoms with Crippen molar-refractivity contribution >= 4 is 5.91 Å². The van der Waals surface area contributed by atoms with Gasteiger partial charge in [-0.2, -0.15) is 0 Å². The summed E-state index contributed by atoms with van der Waals surface area (Å²) in [4.78, 5) is 12.3. The van der Waals surface area contributed by atoms with Gasteiger partial charge in [-0.25, -0.2) is 0 Å². The Balaban J connectivity index is 3.75. The topological polar surface area (TPSA) is 69.6 Å². The molecule has 1 amide bonds. The van der Waals surface area contributed by atoms with Gasteiger partial charge in [0.2, 0.25) is 5.91 Å². The summed E-state index contributed by atoms with van der Waals surface area (Å²) < 4.78 is 0. The number of nitrogens with one attached hydrogen (secondary N) is 1. The van der Waals surface area contributed by atoms with Crippen molar-refractivity contribution < 1.29 is 15.0 Å². The molecular formula is C45H71NO3. The Hall–Kier alpha value is -3.21. The molecule has 274 valence electrons. The van der Waals surface area contributed by atoms with Crippen molar-refractivity contribution in [1.82, 2.24) is 5.32 Å². The van der Waals surface area contributed by atoms with Crippen LogP contribution in [0.25, 0.3) is 0 Å². The molecule has 0 spiro atoms. The second-order valence-electron chi connectivity index (χ2n) is 12.2. The molecule has 0 bridgehead atoms. The highest BCUT2D eigenvalue weighted by Crippen LogP contribution is 2.09. The lowest BCUT2D eigenvalue weighted by molar-refractivity contribution is -0.123. The van der Waals surface area contributed by atoms with Crippen LogP contribution in [-0.4, -0.2) is 34.9 Å². The molecule has 0 aromatic carbocycles. The molecule has 3 N–H and O–H groups in total. The normalized spacial score (nSPS) is 14.4. The van der Waals surface area contributed by atoms with Crippen LogP contribution in [0.4, 0.5) is 0 Å². The van der Waals surface area contributed by atoms with Crippen molar-refractivity contribution in [3.8, 4) is 0 Å². The Labute approximate surface area is 301 Å². The first-order chi connectivity index (χ1) is 24.2. The fourth-order valence-corrected chi connectivity index (χ4v) is 4.78. The van der Waals surface area contributed by atoms with Gasteiger partial charge < -0.3 is 15.5 Å². The zero-order chi connectivity index (χ0) is 35.7. The molecule has 4 nitrogen and oxygen atoms in total. The molecule has 49 heavy (non-hydrogen) atoms. The summed E-state index contributed by atoms with van der Waals surface area (Å²) in [7, 11) is 0. The zero-order valence-electron chi connectivity index (χ0n) is 31.1. The van der Waals surface area contributed by atoms with Crippen molar-refractivity contribution in [3.05, 3.63) is 122 Å². The van der Waals surface area contributed by atoms with Crippen LogP contribution in [0.5, 0.6) is 0 Å². The average Bonchev–Trinajstić information content (AvgIpc) is 3.10. The number of carbonyl (C=O) groups is 1. The largest absolute Gasteiger partial charge is 0.394 e. The first-order valence-corrected chi connectivity index (χ1v) is 19.2. The van der Waals surface area contributed by atoms with E-state index in [9.17, 15) is 15.0 Å². The molecular weight excluding hydrogens is 602 g/mol. The highest BCUT2D eigenvalue weighted by molar-refractivity contribution is 5.76. The molecule has 0 saturated carbocycles. The predicted octanol–water partition coefficient (Wildman–Crippen LogP) is 11.8. The Kier molecular flexibility index (Phi) is 36.7. The Bertz CT molecular complexity index is 1040. The predicted molar refractivity (Wildman–Crippen MR) is 215 cm³/mol. The Morgan fingerprint density at radius 3 is 1.35 bits per heavy atom. The third kappa shape index (κ3) is 35.9. The van der Waals surface area contributed by atoms with Crippen molar-refractivity contribution in [2.45, 2.75) is 148 Å². The standard InChI is InChI=1S/C45H71NO3/c1-3-5-7-9-11-13-15-16-17-18-19-20-21-22-23-24-25-26-27-28-29-30-31-33-35-37-39-41-45(49)46-43(42-47)44(48)40-38-36-34-32-14-12-10-8-6-4-2/h5-8,11,13-14,16-17,19-20,22-23,25-26,28-29,32,38,40,43-44,47-48H,3-4,9-10,12,15,18,21,24,27,30-31,33-37,39,41-42H2,1-2H3,(H,46,49)/b7-5-,8-6+,13-11-,17-16-,20-19-,23-22-,26-25-,29-28-,32-14+,40-38+. The van der Waals surface area contributed by atoms with E-state index in [1.807, 2.05) is 6.08 Å². The molecule has 0 aromatic rings. The number of carbonyl (C=O) groups excluding carboxylic acids is 1. The molecule has 0 saturated heterocycles. The lowest BCUT2D eigenvalue weighted by atomic mass is 10.1. The van der Waals surface area contributed by atoms with E-state index in [2.05, 4.69) is 129 Å². The third-order valence-electron chi connectivity index (χ3n) is 7.67. The van der Waals surface area contributed by atoms with Crippen LogP contribution in [0.1, 0.15) is 136 Å². The minimum Gasteiger partial charge on any atom is -0.394 e. The van der Waals surface area contributed by atoms with Crippen molar-refractivity contribution in [2.24, 2.45) is 0 Å². The number of amides is 1. The van der Waals surface area contributed by atoms with Crippen molar-refractivity contribution in [3.63, 3.8) is 0 Å². The van der Waals surface area contributed by atoms with Gasteiger partial charge in [0.05, 0.1) is 18.8 Å². The van der Waals surface area contributed by atoms with Crippen molar-refractivity contribution in [1.29, 1.82) is 0 Å². The van der Waals surface area contributed by atoms with Gasteiger partial charge in [0.25, 0.3) is 0 Å². The number of allylic oxidation sites excluding steroid dienone is 19. The fraction of sp³-hybridized carbons (Fsp3) is 0.533. The summed E-state index contributed by atoms with van der Waals surface area (Å²) in [6.07, 6.45) is 61.5. The third-order valence-corrected chi connectivity index (χ3v) is 7.67. The van der Waals surface area contributed by atoms with Crippen LogP contribution in [0, 0.1) is 0 Å². The van der Waals surface area contributed by atoms with Gasteiger partial charge in [0.1, 0.15) is 0 Å². The monoisotopic (exact) mass is 674 g/mol. The minimum absolute atomic E-state index is 0.108. The van der Waals surface area contributed by atoms with Crippen molar-refractivity contribution in [2.75, 3.05) is 6.61 Å². The lowest BCUT2D eigenvalue weighted by Gasteiger charge is -2.19. The van der Waals surface area contributed by atoms with Crippen LogP contribution in [0.3, 0.4) is 0 Å². The summed E-state index contributed by atoms with van der Waals surface area (Å²) >= 11 is 0. The van der Waals surface area contributed by atoms with Crippen LogP contribution in [0.15, 0.2) is 122 Å². The summed E-state index contributed by atoms with van der Waals surface area (Å²) in [6, 6.07) is -0.663. The van der Waals surface area contributed by atoms with Crippen LogP contribution in [-0.2, 0) is 4.79 Å². The maximum Gasteiger partial charge on any atom is 0.220 e. The number of hydrogen-bond donors (Lipinski definition) is 3. The Morgan fingerprint density at radius 2 is 0.857 bits per heavy atom. The molecule has 2 atom stereocenters. The molecule has 4 heteroatoms. The lowest BCUT2D eigenvalue weighted by Crippen LogP contribution is -2.45. The average molecular weight is 674 g/mol. The van der Waals surface area contributed by atoms with Gasteiger partial charge in [-0.3, -0.25) is 4.79 Å². The van der Waals surface area contributed by atoms with Gasteiger partial charge in [-0.05, 0) is 96.3 Å². The SMILES string of the molecule is CC/C=C\C/C=C\C/C=C\C/C=C\C/C=C\C/C=C\C/C=C\CCCCCCCC(=O)NC(CO)C(O)/C=C/CC/C=C/CC/C=C/CC.